The molecule has 0 aromatic carbocycles. The van der Waals surface area contributed by atoms with Gasteiger partial charge in [-0.2, -0.15) is 0 Å². The molecule has 1 aromatic heterocycles. The predicted molar refractivity (Wildman–Crippen MR) is 69.5 cm³/mol. The van der Waals surface area contributed by atoms with Crippen LogP contribution in [0.5, 0.6) is 0 Å². The minimum atomic E-state index is 0.220. The molecule has 0 spiro atoms. The van der Waals surface area contributed by atoms with Crippen molar-refractivity contribution in [1.29, 1.82) is 0 Å². The van der Waals surface area contributed by atoms with E-state index < -0.39 is 0 Å². The van der Waals surface area contributed by atoms with Crippen molar-refractivity contribution in [3.63, 3.8) is 0 Å². The third-order valence-electron chi connectivity index (χ3n) is 3.28. The molecule has 0 amide bonds. The molecular formula is C11H19AsN4. The van der Waals surface area contributed by atoms with Gasteiger partial charge >= 0.3 is 103 Å². The Balaban J connectivity index is 2.27. The van der Waals surface area contributed by atoms with Crippen molar-refractivity contribution < 1.29 is 0 Å². The molecule has 1 saturated heterocycles. The summed E-state index contributed by atoms with van der Waals surface area (Å²) < 4.78 is 0.927. The molecule has 5 heteroatoms. The fourth-order valence-corrected chi connectivity index (χ4v) is 3.85. The second kappa shape index (κ2) is 4.62. The SMILES string of the molecule is C[AsH]C1CCN(c2nc(N)nc(C)c2C)C1. The van der Waals surface area contributed by atoms with Gasteiger partial charge in [0.15, 0.2) is 0 Å². The molecule has 2 N–H and O–H groups in total. The van der Waals surface area contributed by atoms with Gasteiger partial charge in [0, 0.05) is 0 Å². The molecule has 1 aliphatic rings. The first-order valence-electron chi connectivity index (χ1n) is 5.64. The van der Waals surface area contributed by atoms with Crippen LogP contribution in [0.15, 0.2) is 0 Å². The molecule has 2 atom stereocenters. The van der Waals surface area contributed by atoms with Crippen LogP contribution < -0.4 is 10.6 Å². The molecule has 0 aliphatic carbocycles. The van der Waals surface area contributed by atoms with Crippen LogP contribution >= 0.6 is 0 Å². The number of aromatic nitrogens is 2. The Morgan fingerprint density at radius 3 is 2.75 bits per heavy atom. The summed E-state index contributed by atoms with van der Waals surface area (Å²) in [5.41, 5.74) is 10.3. The maximum atomic E-state index is 5.72. The maximum absolute atomic E-state index is 5.72. The zero-order chi connectivity index (χ0) is 11.7. The molecule has 1 aliphatic heterocycles. The Labute approximate surface area is 103 Å². The molecule has 88 valence electrons. The van der Waals surface area contributed by atoms with Crippen LogP contribution in [0.25, 0.3) is 0 Å². The summed E-state index contributed by atoms with van der Waals surface area (Å²) in [7, 11) is 0. The molecule has 1 aromatic rings. The molecule has 2 rings (SSSR count). The van der Waals surface area contributed by atoms with Gasteiger partial charge in [0.1, 0.15) is 0 Å². The summed E-state index contributed by atoms with van der Waals surface area (Å²) in [6.45, 7) is 6.36. The van der Waals surface area contributed by atoms with E-state index in [9.17, 15) is 0 Å². The number of anilines is 2. The first-order chi connectivity index (χ1) is 7.61. The van der Waals surface area contributed by atoms with Crippen LogP contribution in [-0.4, -0.2) is 38.8 Å². The van der Waals surface area contributed by atoms with E-state index in [-0.39, 0.29) is 15.8 Å². The van der Waals surface area contributed by atoms with Gasteiger partial charge in [-0.1, -0.05) is 0 Å². The van der Waals surface area contributed by atoms with Crippen LogP contribution in [0.1, 0.15) is 17.7 Å². The van der Waals surface area contributed by atoms with E-state index >= 15 is 0 Å². The van der Waals surface area contributed by atoms with E-state index in [0.29, 0.717) is 5.95 Å². The van der Waals surface area contributed by atoms with E-state index in [1.165, 1.54) is 12.0 Å². The monoisotopic (exact) mass is 282 g/mol. The number of nitrogens with two attached hydrogens (primary N) is 1. The van der Waals surface area contributed by atoms with Gasteiger partial charge < -0.3 is 0 Å². The van der Waals surface area contributed by atoms with Crippen LogP contribution in [-0.2, 0) is 0 Å². The van der Waals surface area contributed by atoms with Gasteiger partial charge in [-0.25, -0.2) is 0 Å². The number of hydrogen-bond acceptors (Lipinski definition) is 4. The van der Waals surface area contributed by atoms with Gasteiger partial charge in [0.05, 0.1) is 0 Å². The molecule has 0 saturated carbocycles. The van der Waals surface area contributed by atoms with Crippen LogP contribution in [0.2, 0.25) is 10.4 Å². The number of nitrogen functional groups attached to an aromatic ring is 1. The minimum absolute atomic E-state index is 0.220. The van der Waals surface area contributed by atoms with E-state index in [2.05, 4.69) is 27.5 Å². The Bertz CT molecular complexity index is 394. The first kappa shape index (κ1) is 11.7. The van der Waals surface area contributed by atoms with Crippen molar-refractivity contribution in [3.8, 4) is 0 Å². The summed E-state index contributed by atoms with van der Waals surface area (Å²) in [5, 5.41) is 0. The van der Waals surface area contributed by atoms with Gasteiger partial charge in [-0.15, -0.1) is 0 Å². The predicted octanol–water partition coefficient (Wildman–Crippen LogP) is 1.16. The second-order valence-electron chi connectivity index (χ2n) is 4.34. The molecular weight excluding hydrogens is 263 g/mol. The number of rotatable bonds is 2. The quantitative estimate of drug-likeness (QED) is 0.827. The summed E-state index contributed by atoms with van der Waals surface area (Å²) in [6.07, 6.45) is 1.32. The van der Waals surface area contributed by atoms with E-state index in [4.69, 9.17) is 5.73 Å². The third-order valence-corrected chi connectivity index (χ3v) is 5.98. The van der Waals surface area contributed by atoms with Crippen LogP contribution in [0, 0.1) is 13.8 Å². The first-order valence-corrected chi connectivity index (χ1v) is 8.95. The zero-order valence-electron chi connectivity index (χ0n) is 10.1. The van der Waals surface area contributed by atoms with Gasteiger partial charge in [0.25, 0.3) is 0 Å². The van der Waals surface area contributed by atoms with Crippen molar-refractivity contribution >= 4 is 27.5 Å². The molecule has 4 nitrogen and oxygen atoms in total. The van der Waals surface area contributed by atoms with Crippen molar-refractivity contribution in [2.24, 2.45) is 0 Å². The van der Waals surface area contributed by atoms with Crippen LogP contribution in [0.4, 0.5) is 11.8 Å². The Hall–Kier alpha value is -0.762. The molecule has 2 unspecified atom stereocenters. The topological polar surface area (TPSA) is 55.0 Å². The fraction of sp³-hybridized carbons (Fsp3) is 0.636. The van der Waals surface area contributed by atoms with Gasteiger partial charge in [-0.05, 0) is 0 Å². The summed E-state index contributed by atoms with van der Waals surface area (Å²) >= 11 is 0.220. The molecule has 2 heterocycles. The molecule has 1 fully saturated rings. The third kappa shape index (κ3) is 2.17. The Morgan fingerprint density at radius 2 is 2.12 bits per heavy atom. The zero-order valence-corrected chi connectivity index (χ0v) is 12.2. The standard InChI is InChI=1S/C11H19AsN4/c1-7-8(2)14-11(13)15-10(7)16-5-4-9(6-16)12-3/h9,12H,4-6H2,1-3H3,(H2,13,14,15). The van der Waals surface area contributed by atoms with Crippen molar-refractivity contribution in [2.45, 2.75) is 30.7 Å². The normalized spacial score (nSPS) is 21.2. The van der Waals surface area contributed by atoms with Crippen molar-refractivity contribution in [3.05, 3.63) is 11.3 Å². The Morgan fingerprint density at radius 1 is 1.38 bits per heavy atom. The van der Waals surface area contributed by atoms with E-state index in [0.717, 1.165) is 29.3 Å². The number of nitrogens with zero attached hydrogens (tertiary/aromatic N) is 3. The average Bonchev–Trinajstić information content (AvgIpc) is 2.71. The summed E-state index contributed by atoms with van der Waals surface area (Å²) in [6, 6.07) is 0. The molecule has 0 bridgehead atoms. The summed E-state index contributed by atoms with van der Waals surface area (Å²) in [4.78, 5) is 11.0. The van der Waals surface area contributed by atoms with E-state index in [1.54, 1.807) is 0 Å². The average molecular weight is 282 g/mol. The van der Waals surface area contributed by atoms with Crippen molar-refractivity contribution in [2.75, 3.05) is 23.7 Å². The van der Waals surface area contributed by atoms with Gasteiger partial charge in [-0.3, -0.25) is 0 Å². The van der Waals surface area contributed by atoms with Crippen molar-refractivity contribution in [1.82, 2.24) is 9.97 Å². The Kier molecular flexibility index (Phi) is 3.38. The summed E-state index contributed by atoms with van der Waals surface area (Å²) in [5.74, 6) is 1.45. The number of aryl methyl sites for hydroxylation is 1. The molecule has 16 heavy (non-hydrogen) atoms. The fourth-order valence-electron chi connectivity index (χ4n) is 2.13. The van der Waals surface area contributed by atoms with Gasteiger partial charge in [0.2, 0.25) is 0 Å². The second-order valence-corrected chi connectivity index (χ2v) is 7.26. The van der Waals surface area contributed by atoms with Crippen LogP contribution in [0.3, 0.4) is 0 Å². The number of hydrogen-bond donors (Lipinski definition) is 1. The molecule has 0 radical (unpaired) electrons. The van der Waals surface area contributed by atoms with E-state index in [1.807, 2.05) is 6.92 Å².